The summed E-state index contributed by atoms with van der Waals surface area (Å²) in [6.45, 7) is 5.62. The van der Waals surface area contributed by atoms with Gasteiger partial charge in [0.05, 0.1) is 5.56 Å². The fraction of sp³-hybridized carbons (Fsp3) is 0.500. The van der Waals surface area contributed by atoms with E-state index in [1.807, 2.05) is 39.0 Å². The lowest BCUT2D eigenvalue weighted by atomic mass is 10.0. The van der Waals surface area contributed by atoms with Crippen molar-refractivity contribution in [1.82, 2.24) is 0 Å². The molecule has 1 aliphatic carbocycles. The van der Waals surface area contributed by atoms with E-state index in [4.69, 9.17) is 10.5 Å². The van der Waals surface area contributed by atoms with E-state index in [2.05, 4.69) is 0 Å². The first kappa shape index (κ1) is 12.1. The van der Waals surface area contributed by atoms with Crippen LogP contribution in [0.4, 0.5) is 0 Å². The molecule has 0 spiro atoms. The fourth-order valence-electron chi connectivity index (χ4n) is 2.21. The van der Waals surface area contributed by atoms with Crippen LogP contribution in [0.25, 0.3) is 0 Å². The number of benzene rings is 1. The minimum atomic E-state index is -0.458. The van der Waals surface area contributed by atoms with Crippen LogP contribution in [0.3, 0.4) is 0 Å². The van der Waals surface area contributed by atoms with Crippen LogP contribution in [0.2, 0.25) is 0 Å². The van der Waals surface area contributed by atoms with Crippen LogP contribution in [-0.4, -0.2) is 11.6 Å². The SMILES string of the molecule is CC(C)(C)OC(=O)c1cccc2c1CC[C@@H]2N. The largest absolute Gasteiger partial charge is 0.456 e. The van der Waals surface area contributed by atoms with E-state index >= 15 is 0 Å². The standard InChI is InChI=1S/C14H19NO2/c1-14(2,3)17-13(16)11-6-4-5-10-9(11)7-8-12(10)15/h4-6,12H,7-8,15H2,1-3H3/t12-/m0/s1. The molecule has 0 saturated carbocycles. The Kier molecular flexibility index (Phi) is 2.96. The van der Waals surface area contributed by atoms with Crippen LogP contribution in [0.15, 0.2) is 18.2 Å². The molecule has 0 fully saturated rings. The maximum atomic E-state index is 12.1. The number of rotatable bonds is 1. The maximum absolute atomic E-state index is 12.1. The van der Waals surface area contributed by atoms with E-state index < -0.39 is 5.60 Å². The molecule has 0 amide bonds. The molecule has 0 radical (unpaired) electrons. The van der Waals surface area contributed by atoms with Crippen molar-refractivity contribution in [2.24, 2.45) is 5.73 Å². The van der Waals surface area contributed by atoms with Crippen molar-refractivity contribution in [2.75, 3.05) is 0 Å². The summed E-state index contributed by atoms with van der Waals surface area (Å²) in [5.41, 5.74) is 8.36. The topological polar surface area (TPSA) is 52.3 Å². The lowest BCUT2D eigenvalue weighted by Crippen LogP contribution is -2.24. The van der Waals surface area contributed by atoms with Crippen molar-refractivity contribution in [3.63, 3.8) is 0 Å². The van der Waals surface area contributed by atoms with Crippen molar-refractivity contribution in [3.05, 3.63) is 34.9 Å². The van der Waals surface area contributed by atoms with Gasteiger partial charge in [-0.15, -0.1) is 0 Å². The number of hydrogen-bond donors (Lipinski definition) is 1. The molecule has 0 saturated heterocycles. The Balaban J connectivity index is 2.32. The van der Waals surface area contributed by atoms with Crippen molar-refractivity contribution in [2.45, 2.75) is 45.3 Å². The van der Waals surface area contributed by atoms with Crippen LogP contribution < -0.4 is 5.73 Å². The molecule has 0 heterocycles. The summed E-state index contributed by atoms with van der Waals surface area (Å²) in [4.78, 5) is 12.1. The smallest absolute Gasteiger partial charge is 0.338 e. The second kappa shape index (κ2) is 4.15. The Morgan fingerprint density at radius 1 is 1.41 bits per heavy atom. The molecular weight excluding hydrogens is 214 g/mol. The Morgan fingerprint density at radius 3 is 2.76 bits per heavy atom. The van der Waals surface area contributed by atoms with Gasteiger partial charge in [-0.3, -0.25) is 0 Å². The Morgan fingerprint density at radius 2 is 2.12 bits per heavy atom. The summed E-state index contributed by atoms with van der Waals surface area (Å²) in [5, 5.41) is 0. The van der Waals surface area contributed by atoms with Gasteiger partial charge in [-0.05, 0) is 50.8 Å². The van der Waals surface area contributed by atoms with Crippen LogP contribution in [-0.2, 0) is 11.2 Å². The van der Waals surface area contributed by atoms with E-state index in [1.54, 1.807) is 0 Å². The summed E-state index contributed by atoms with van der Waals surface area (Å²) in [6, 6.07) is 5.77. The predicted molar refractivity (Wildman–Crippen MR) is 66.9 cm³/mol. The van der Waals surface area contributed by atoms with E-state index in [9.17, 15) is 4.79 Å². The first-order chi connectivity index (χ1) is 7.88. The normalized spacial score (nSPS) is 18.9. The minimum absolute atomic E-state index is 0.0624. The molecular formula is C14H19NO2. The summed E-state index contributed by atoms with van der Waals surface area (Å²) in [6.07, 6.45) is 1.78. The quantitative estimate of drug-likeness (QED) is 0.758. The molecule has 0 aromatic heterocycles. The van der Waals surface area contributed by atoms with Crippen molar-refractivity contribution in [1.29, 1.82) is 0 Å². The fourth-order valence-corrected chi connectivity index (χ4v) is 2.21. The summed E-state index contributed by atoms with van der Waals surface area (Å²) < 4.78 is 5.40. The first-order valence-corrected chi connectivity index (χ1v) is 5.99. The third kappa shape index (κ3) is 2.50. The lowest BCUT2D eigenvalue weighted by Gasteiger charge is -2.20. The van der Waals surface area contributed by atoms with Gasteiger partial charge in [-0.25, -0.2) is 4.79 Å². The molecule has 0 aliphatic heterocycles. The highest BCUT2D eigenvalue weighted by Gasteiger charge is 2.26. The summed E-state index contributed by atoms with van der Waals surface area (Å²) >= 11 is 0. The number of esters is 1. The molecule has 1 aromatic carbocycles. The Labute approximate surface area is 102 Å². The molecule has 1 atom stereocenters. The maximum Gasteiger partial charge on any atom is 0.338 e. The highest BCUT2D eigenvalue weighted by molar-refractivity contribution is 5.92. The van der Waals surface area contributed by atoms with Gasteiger partial charge in [0.25, 0.3) is 0 Å². The van der Waals surface area contributed by atoms with Crippen LogP contribution in [0.5, 0.6) is 0 Å². The molecule has 0 bridgehead atoms. The molecule has 3 heteroatoms. The van der Waals surface area contributed by atoms with Crippen LogP contribution in [0.1, 0.15) is 54.7 Å². The van der Waals surface area contributed by atoms with Gasteiger partial charge in [-0.2, -0.15) is 0 Å². The van der Waals surface area contributed by atoms with E-state index in [-0.39, 0.29) is 12.0 Å². The van der Waals surface area contributed by atoms with Gasteiger partial charge >= 0.3 is 5.97 Å². The molecule has 2 N–H and O–H groups in total. The van der Waals surface area contributed by atoms with Crippen molar-refractivity contribution in [3.8, 4) is 0 Å². The third-order valence-electron chi connectivity index (χ3n) is 2.94. The number of fused-ring (bicyclic) bond motifs is 1. The van der Waals surface area contributed by atoms with Gasteiger partial charge < -0.3 is 10.5 Å². The number of carbonyl (C=O) groups excluding carboxylic acids is 1. The van der Waals surface area contributed by atoms with Crippen LogP contribution >= 0.6 is 0 Å². The van der Waals surface area contributed by atoms with Crippen molar-refractivity contribution < 1.29 is 9.53 Å². The molecule has 0 unspecified atom stereocenters. The molecule has 1 aliphatic rings. The highest BCUT2D eigenvalue weighted by Crippen LogP contribution is 2.32. The van der Waals surface area contributed by atoms with Gasteiger partial charge in [0.2, 0.25) is 0 Å². The number of carbonyl (C=O) groups is 1. The zero-order valence-corrected chi connectivity index (χ0v) is 10.6. The van der Waals surface area contributed by atoms with Crippen molar-refractivity contribution >= 4 is 5.97 Å². The molecule has 92 valence electrons. The average molecular weight is 233 g/mol. The van der Waals surface area contributed by atoms with Crippen LogP contribution in [0, 0.1) is 0 Å². The van der Waals surface area contributed by atoms with Gasteiger partial charge in [0.15, 0.2) is 0 Å². The molecule has 3 nitrogen and oxygen atoms in total. The predicted octanol–water partition coefficient (Wildman–Crippen LogP) is 2.59. The highest BCUT2D eigenvalue weighted by atomic mass is 16.6. The zero-order chi connectivity index (χ0) is 12.6. The molecule has 17 heavy (non-hydrogen) atoms. The second-order valence-electron chi connectivity index (χ2n) is 5.52. The monoisotopic (exact) mass is 233 g/mol. The third-order valence-corrected chi connectivity index (χ3v) is 2.94. The van der Waals surface area contributed by atoms with Gasteiger partial charge in [0, 0.05) is 6.04 Å². The second-order valence-corrected chi connectivity index (χ2v) is 5.52. The van der Waals surface area contributed by atoms with Gasteiger partial charge in [0.1, 0.15) is 5.60 Å². The van der Waals surface area contributed by atoms with Gasteiger partial charge in [-0.1, -0.05) is 12.1 Å². The van der Waals surface area contributed by atoms with E-state index in [1.165, 1.54) is 0 Å². The zero-order valence-electron chi connectivity index (χ0n) is 10.6. The average Bonchev–Trinajstić information content (AvgIpc) is 2.58. The summed E-state index contributed by atoms with van der Waals surface area (Å²) in [7, 11) is 0. The Bertz CT molecular complexity index is 446. The minimum Gasteiger partial charge on any atom is -0.456 e. The lowest BCUT2D eigenvalue weighted by molar-refractivity contribution is 0.00684. The number of hydrogen-bond acceptors (Lipinski definition) is 3. The van der Waals surface area contributed by atoms with E-state index in [0.29, 0.717) is 5.56 Å². The first-order valence-electron chi connectivity index (χ1n) is 5.99. The number of ether oxygens (including phenoxy) is 1. The summed E-state index contributed by atoms with van der Waals surface area (Å²) in [5.74, 6) is -0.247. The Hall–Kier alpha value is -1.35. The molecule has 1 aromatic rings. The number of nitrogens with two attached hydrogens (primary N) is 1. The molecule has 2 rings (SSSR count). The van der Waals surface area contributed by atoms with E-state index in [0.717, 1.165) is 24.0 Å².